The number of hydrogen-bond donors (Lipinski definition) is 1. The normalized spacial score (nSPS) is 13.4. The molecule has 0 aliphatic rings. The SMILES string of the molecule is CCCC[C@](C)(OCC)C(=O)Nc1ccc(OCCOC)c(Cl)c1. The highest BCUT2D eigenvalue weighted by molar-refractivity contribution is 6.32. The summed E-state index contributed by atoms with van der Waals surface area (Å²) < 4.78 is 16.1. The van der Waals surface area contributed by atoms with Gasteiger partial charge in [-0.15, -0.1) is 0 Å². The topological polar surface area (TPSA) is 56.8 Å². The number of benzene rings is 1. The van der Waals surface area contributed by atoms with E-state index in [0.717, 1.165) is 12.8 Å². The Balaban J connectivity index is 2.76. The monoisotopic (exact) mass is 357 g/mol. The molecule has 1 aromatic carbocycles. The third-order valence-electron chi connectivity index (χ3n) is 3.69. The van der Waals surface area contributed by atoms with Crippen LogP contribution in [0.4, 0.5) is 5.69 Å². The minimum Gasteiger partial charge on any atom is -0.490 e. The van der Waals surface area contributed by atoms with Gasteiger partial charge in [0.25, 0.3) is 5.91 Å². The lowest BCUT2D eigenvalue weighted by Crippen LogP contribution is -2.42. The lowest BCUT2D eigenvalue weighted by atomic mass is 9.97. The molecule has 5 nitrogen and oxygen atoms in total. The Bertz CT molecular complexity index is 524. The van der Waals surface area contributed by atoms with Gasteiger partial charge in [-0.2, -0.15) is 0 Å². The van der Waals surface area contributed by atoms with Crippen molar-refractivity contribution in [1.82, 2.24) is 0 Å². The summed E-state index contributed by atoms with van der Waals surface area (Å²) in [5.74, 6) is 0.396. The Labute approximate surface area is 149 Å². The number of carbonyl (C=O) groups is 1. The first-order chi connectivity index (χ1) is 11.5. The van der Waals surface area contributed by atoms with E-state index in [-0.39, 0.29) is 5.91 Å². The van der Waals surface area contributed by atoms with E-state index in [0.29, 0.717) is 42.7 Å². The van der Waals surface area contributed by atoms with Gasteiger partial charge in [-0.25, -0.2) is 0 Å². The number of amides is 1. The zero-order valence-electron chi connectivity index (χ0n) is 15.0. The molecule has 1 aromatic rings. The van der Waals surface area contributed by atoms with Crippen LogP contribution in [0.25, 0.3) is 0 Å². The summed E-state index contributed by atoms with van der Waals surface area (Å²) in [6.45, 7) is 7.19. The molecule has 0 radical (unpaired) electrons. The molecule has 0 saturated carbocycles. The number of rotatable bonds is 11. The lowest BCUT2D eigenvalue weighted by molar-refractivity contribution is -0.139. The molecule has 6 heteroatoms. The van der Waals surface area contributed by atoms with Crippen LogP contribution >= 0.6 is 11.6 Å². The Morgan fingerprint density at radius 2 is 2.04 bits per heavy atom. The van der Waals surface area contributed by atoms with Gasteiger partial charge in [0.15, 0.2) is 0 Å². The van der Waals surface area contributed by atoms with Crippen LogP contribution in [-0.4, -0.2) is 38.4 Å². The van der Waals surface area contributed by atoms with Crippen molar-refractivity contribution in [2.24, 2.45) is 0 Å². The highest BCUT2D eigenvalue weighted by atomic mass is 35.5. The maximum absolute atomic E-state index is 12.6. The van der Waals surface area contributed by atoms with Gasteiger partial charge in [-0.05, 0) is 38.5 Å². The number of nitrogens with one attached hydrogen (secondary N) is 1. The van der Waals surface area contributed by atoms with Gasteiger partial charge < -0.3 is 19.5 Å². The van der Waals surface area contributed by atoms with E-state index in [1.165, 1.54) is 0 Å². The fraction of sp³-hybridized carbons (Fsp3) is 0.611. The van der Waals surface area contributed by atoms with E-state index in [2.05, 4.69) is 12.2 Å². The van der Waals surface area contributed by atoms with Crippen molar-refractivity contribution in [2.75, 3.05) is 32.2 Å². The summed E-state index contributed by atoms with van der Waals surface area (Å²) in [6.07, 6.45) is 2.61. The Kier molecular flexibility index (Phi) is 9.11. The van der Waals surface area contributed by atoms with E-state index in [1.807, 2.05) is 13.8 Å². The second kappa shape index (κ2) is 10.5. The maximum atomic E-state index is 12.6. The molecule has 0 unspecified atom stereocenters. The van der Waals surface area contributed by atoms with Crippen molar-refractivity contribution in [3.8, 4) is 5.75 Å². The van der Waals surface area contributed by atoms with E-state index < -0.39 is 5.60 Å². The van der Waals surface area contributed by atoms with Crippen LogP contribution in [-0.2, 0) is 14.3 Å². The van der Waals surface area contributed by atoms with E-state index >= 15 is 0 Å². The van der Waals surface area contributed by atoms with Crippen LogP contribution in [0.5, 0.6) is 5.75 Å². The highest BCUT2D eigenvalue weighted by Gasteiger charge is 2.33. The third-order valence-corrected chi connectivity index (χ3v) is 3.98. The molecule has 1 rings (SSSR count). The van der Waals surface area contributed by atoms with E-state index in [9.17, 15) is 4.79 Å². The lowest BCUT2D eigenvalue weighted by Gasteiger charge is -2.28. The molecule has 0 spiro atoms. The maximum Gasteiger partial charge on any atom is 0.256 e. The predicted octanol–water partition coefficient (Wildman–Crippen LogP) is 4.29. The number of halogens is 1. The average molecular weight is 358 g/mol. The Morgan fingerprint density at radius 1 is 1.29 bits per heavy atom. The molecule has 1 amide bonds. The fourth-order valence-electron chi connectivity index (χ4n) is 2.28. The number of anilines is 1. The molecule has 1 atom stereocenters. The number of methoxy groups -OCH3 is 1. The highest BCUT2D eigenvalue weighted by Crippen LogP contribution is 2.29. The first kappa shape index (κ1) is 20.7. The Hall–Kier alpha value is -1.30. The first-order valence-electron chi connectivity index (χ1n) is 8.33. The van der Waals surface area contributed by atoms with Crippen molar-refractivity contribution in [3.63, 3.8) is 0 Å². The van der Waals surface area contributed by atoms with Crippen molar-refractivity contribution < 1.29 is 19.0 Å². The second-order valence-electron chi connectivity index (χ2n) is 5.71. The number of ether oxygens (including phenoxy) is 3. The zero-order chi connectivity index (χ0) is 18.0. The van der Waals surface area contributed by atoms with Crippen molar-refractivity contribution >= 4 is 23.2 Å². The van der Waals surface area contributed by atoms with Gasteiger partial charge in [0, 0.05) is 19.4 Å². The predicted molar refractivity (Wildman–Crippen MR) is 97.0 cm³/mol. The fourth-order valence-corrected chi connectivity index (χ4v) is 2.51. The summed E-state index contributed by atoms with van der Waals surface area (Å²) in [6, 6.07) is 5.17. The van der Waals surface area contributed by atoms with Gasteiger partial charge in [-0.3, -0.25) is 4.79 Å². The average Bonchev–Trinajstić information content (AvgIpc) is 2.55. The van der Waals surface area contributed by atoms with Gasteiger partial charge in [0.1, 0.15) is 18.0 Å². The quantitative estimate of drug-likeness (QED) is 0.600. The van der Waals surface area contributed by atoms with E-state index in [4.69, 9.17) is 25.8 Å². The largest absolute Gasteiger partial charge is 0.490 e. The van der Waals surface area contributed by atoms with Crippen LogP contribution < -0.4 is 10.1 Å². The van der Waals surface area contributed by atoms with Gasteiger partial charge >= 0.3 is 0 Å². The summed E-state index contributed by atoms with van der Waals surface area (Å²) in [7, 11) is 1.61. The van der Waals surface area contributed by atoms with Crippen LogP contribution in [0.3, 0.4) is 0 Å². The van der Waals surface area contributed by atoms with Crippen LogP contribution in [0, 0.1) is 0 Å². The molecular weight excluding hydrogens is 330 g/mol. The molecule has 24 heavy (non-hydrogen) atoms. The van der Waals surface area contributed by atoms with Gasteiger partial charge in [0.05, 0.1) is 11.6 Å². The minimum atomic E-state index is -0.842. The van der Waals surface area contributed by atoms with Crippen LogP contribution in [0.1, 0.15) is 40.0 Å². The molecule has 0 aliphatic heterocycles. The number of unbranched alkanes of at least 4 members (excludes halogenated alkanes) is 1. The van der Waals surface area contributed by atoms with Crippen LogP contribution in [0.2, 0.25) is 5.02 Å². The molecule has 0 saturated heterocycles. The van der Waals surface area contributed by atoms with Crippen LogP contribution in [0.15, 0.2) is 18.2 Å². The number of carbonyl (C=O) groups excluding carboxylic acids is 1. The molecular formula is C18H28ClNO4. The first-order valence-corrected chi connectivity index (χ1v) is 8.71. The van der Waals surface area contributed by atoms with Crippen molar-refractivity contribution in [1.29, 1.82) is 0 Å². The molecule has 0 aliphatic carbocycles. The summed E-state index contributed by atoms with van der Waals surface area (Å²) >= 11 is 6.20. The standard InChI is InChI=1S/C18H28ClNO4/c1-5-7-10-18(3,24-6-2)17(21)20-14-8-9-16(15(19)13-14)23-12-11-22-4/h8-9,13H,5-7,10-12H2,1-4H3,(H,20,21)/t18-/m0/s1. The summed E-state index contributed by atoms with van der Waals surface area (Å²) in [5, 5.41) is 3.32. The summed E-state index contributed by atoms with van der Waals surface area (Å²) in [5.41, 5.74) is -0.225. The van der Waals surface area contributed by atoms with E-state index in [1.54, 1.807) is 25.3 Å². The van der Waals surface area contributed by atoms with Crippen molar-refractivity contribution in [3.05, 3.63) is 23.2 Å². The zero-order valence-corrected chi connectivity index (χ0v) is 15.7. The van der Waals surface area contributed by atoms with Gasteiger partial charge in [-0.1, -0.05) is 31.4 Å². The molecule has 1 N–H and O–H groups in total. The van der Waals surface area contributed by atoms with Gasteiger partial charge in [0.2, 0.25) is 0 Å². The smallest absolute Gasteiger partial charge is 0.256 e. The second-order valence-corrected chi connectivity index (χ2v) is 6.12. The molecule has 0 aromatic heterocycles. The van der Waals surface area contributed by atoms with Crippen molar-refractivity contribution in [2.45, 2.75) is 45.6 Å². The minimum absolute atomic E-state index is 0.165. The molecule has 0 bridgehead atoms. The molecule has 136 valence electrons. The number of hydrogen-bond acceptors (Lipinski definition) is 4. The summed E-state index contributed by atoms with van der Waals surface area (Å²) in [4.78, 5) is 12.6. The third kappa shape index (κ3) is 6.30. The molecule has 0 heterocycles. The Morgan fingerprint density at radius 3 is 2.62 bits per heavy atom. The molecule has 0 fully saturated rings.